The molecule has 1 aromatic rings. The summed E-state index contributed by atoms with van der Waals surface area (Å²) >= 11 is 5.86. The van der Waals surface area contributed by atoms with Crippen molar-refractivity contribution in [2.24, 2.45) is 0 Å². The van der Waals surface area contributed by atoms with E-state index < -0.39 is 12.4 Å². The predicted molar refractivity (Wildman–Crippen MR) is 75.0 cm³/mol. The Bertz CT molecular complexity index is 721. The Morgan fingerprint density at radius 3 is 3.00 bits per heavy atom. The van der Waals surface area contributed by atoms with Gasteiger partial charge in [0, 0.05) is 18.7 Å². The van der Waals surface area contributed by atoms with Crippen LogP contribution in [0.3, 0.4) is 0 Å². The van der Waals surface area contributed by atoms with E-state index in [0.29, 0.717) is 37.1 Å². The third-order valence-corrected chi connectivity index (χ3v) is 4.46. The number of carbonyl (C=O) groups is 1. The lowest BCUT2D eigenvalue weighted by Crippen LogP contribution is -2.37. The molecule has 1 aromatic carbocycles. The van der Waals surface area contributed by atoms with Gasteiger partial charge in [-0.2, -0.15) is 5.26 Å². The number of amides is 1. The number of halogens is 2. The van der Waals surface area contributed by atoms with Crippen molar-refractivity contribution >= 4 is 23.1 Å². The molecule has 1 aliphatic heterocycles. The van der Waals surface area contributed by atoms with E-state index in [0.717, 1.165) is 11.1 Å². The molecule has 1 heterocycles. The van der Waals surface area contributed by atoms with E-state index in [1.165, 1.54) is 0 Å². The van der Waals surface area contributed by atoms with Gasteiger partial charge in [-0.25, -0.2) is 4.39 Å². The second kappa shape index (κ2) is 5.14. The zero-order valence-electron chi connectivity index (χ0n) is 11.1. The van der Waals surface area contributed by atoms with Gasteiger partial charge in [-0.3, -0.25) is 4.79 Å². The minimum atomic E-state index is -0.542. The number of rotatable bonds is 1. The molecule has 0 atom stereocenters. The van der Waals surface area contributed by atoms with Gasteiger partial charge < -0.3 is 10.0 Å². The minimum absolute atomic E-state index is 0.104. The number of nitrogens with zero attached hydrogens (tertiary/aromatic N) is 2. The highest BCUT2D eigenvalue weighted by molar-refractivity contribution is 6.32. The number of nitriles is 1. The van der Waals surface area contributed by atoms with Gasteiger partial charge in [-0.05, 0) is 30.0 Å². The average Bonchev–Trinajstić information content (AvgIpc) is 2.87. The Labute approximate surface area is 126 Å². The van der Waals surface area contributed by atoms with Gasteiger partial charge in [0.2, 0.25) is 5.91 Å². The molecule has 0 fully saturated rings. The van der Waals surface area contributed by atoms with Crippen molar-refractivity contribution in [1.29, 1.82) is 5.26 Å². The van der Waals surface area contributed by atoms with E-state index in [-0.39, 0.29) is 16.5 Å². The first-order chi connectivity index (χ1) is 10.1. The lowest BCUT2D eigenvalue weighted by atomic mass is 9.99. The molecule has 108 valence electrons. The Hall–Kier alpha value is -1.90. The van der Waals surface area contributed by atoms with Gasteiger partial charge in [-0.1, -0.05) is 17.2 Å². The van der Waals surface area contributed by atoms with Crippen molar-refractivity contribution in [1.82, 2.24) is 4.90 Å². The van der Waals surface area contributed by atoms with E-state index in [1.807, 2.05) is 6.07 Å². The van der Waals surface area contributed by atoms with E-state index >= 15 is 0 Å². The fourth-order valence-corrected chi connectivity index (χ4v) is 3.20. The molecule has 0 unspecified atom stereocenters. The average molecular weight is 307 g/mol. The summed E-state index contributed by atoms with van der Waals surface area (Å²) in [4.78, 5) is 13.2. The van der Waals surface area contributed by atoms with Gasteiger partial charge in [-0.15, -0.1) is 0 Å². The monoisotopic (exact) mass is 306 g/mol. The highest BCUT2D eigenvalue weighted by atomic mass is 35.5. The lowest BCUT2D eigenvalue weighted by Gasteiger charge is -2.28. The molecular formula is C15H12ClFN2O2. The molecule has 3 rings (SSSR count). The summed E-state index contributed by atoms with van der Waals surface area (Å²) < 4.78 is 14.3. The van der Waals surface area contributed by atoms with E-state index in [2.05, 4.69) is 0 Å². The van der Waals surface area contributed by atoms with Crippen molar-refractivity contribution in [2.45, 2.75) is 12.8 Å². The van der Waals surface area contributed by atoms with Crippen LogP contribution < -0.4 is 0 Å². The van der Waals surface area contributed by atoms with Crippen molar-refractivity contribution in [3.8, 4) is 6.07 Å². The molecule has 2 aliphatic rings. The molecule has 4 nitrogen and oxygen atoms in total. The number of hydrogen-bond acceptors (Lipinski definition) is 3. The summed E-state index contributed by atoms with van der Waals surface area (Å²) in [7, 11) is 0. The smallest absolute Gasteiger partial charge is 0.248 e. The molecule has 0 saturated carbocycles. The molecule has 0 spiro atoms. The maximum Gasteiger partial charge on any atom is 0.248 e. The van der Waals surface area contributed by atoms with Crippen LogP contribution in [-0.4, -0.2) is 35.6 Å². The molecule has 1 amide bonds. The first kappa shape index (κ1) is 14.1. The summed E-state index contributed by atoms with van der Waals surface area (Å²) in [6.45, 7) is 0.328. The third kappa shape index (κ3) is 2.11. The Balaban J connectivity index is 2.04. The first-order valence-corrected chi connectivity index (χ1v) is 6.95. The second-order valence-corrected chi connectivity index (χ2v) is 5.55. The highest BCUT2D eigenvalue weighted by Crippen LogP contribution is 2.41. The molecule has 21 heavy (non-hydrogen) atoms. The van der Waals surface area contributed by atoms with Crippen LogP contribution in [0.2, 0.25) is 5.02 Å². The zero-order chi connectivity index (χ0) is 15.1. The standard InChI is InChI=1S/C15H12ClFN2O2/c16-14-9(5-18)4-10-11(15(14)17)3-8-1-2-19(6-12(8)10)13(21)7-20/h4,20H,1-3,6-7H2. The Morgan fingerprint density at radius 2 is 2.33 bits per heavy atom. The molecule has 0 bridgehead atoms. The van der Waals surface area contributed by atoms with Crippen LogP contribution in [0, 0.1) is 17.1 Å². The summed E-state index contributed by atoms with van der Waals surface area (Å²) in [5.41, 5.74) is 3.23. The number of hydrogen-bond donors (Lipinski definition) is 1. The van der Waals surface area contributed by atoms with Crippen molar-refractivity contribution in [2.75, 3.05) is 19.7 Å². The number of benzene rings is 1. The molecule has 0 aromatic heterocycles. The molecule has 0 saturated heterocycles. The molecule has 1 N–H and O–H groups in total. The Kier molecular flexibility index (Phi) is 3.44. The van der Waals surface area contributed by atoms with Crippen molar-refractivity contribution < 1.29 is 14.3 Å². The first-order valence-electron chi connectivity index (χ1n) is 6.57. The van der Waals surface area contributed by atoms with Crippen LogP contribution >= 0.6 is 11.6 Å². The van der Waals surface area contributed by atoms with Crippen LogP contribution in [0.5, 0.6) is 0 Å². The van der Waals surface area contributed by atoms with Crippen LogP contribution in [0.4, 0.5) is 4.39 Å². The van der Waals surface area contributed by atoms with E-state index in [1.54, 1.807) is 11.0 Å². The zero-order valence-corrected chi connectivity index (χ0v) is 11.9. The number of aliphatic hydroxyl groups excluding tert-OH is 1. The molecule has 6 heteroatoms. The second-order valence-electron chi connectivity index (χ2n) is 5.17. The van der Waals surface area contributed by atoms with E-state index in [9.17, 15) is 9.18 Å². The summed E-state index contributed by atoms with van der Waals surface area (Å²) in [6, 6.07) is 3.48. The van der Waals surface area contributed by atoms with Crippen LogP contribution in [0.25, 0.3) is 5.57 Å². The Morgan fingerprint density at radius 1 is 1.57 bits per heavy atom. The maximum atomic E-state index is 14.3. The van der Waals surface area contributed by atoms with Gasteiger partial charge in [0.15, 0.2) is 0 Å². The largest absolute Gasteiger partial charge is 0.387 e. The SMILES string of the molecule is N#Cc1cc2c(c(F)c1Cl)CC1=C2CN(C(=O)CO)CC1. The molecule has 1 aliphatic carbocycles. The van der Waals surface area contributed by atoms with Crippen molar-refractivity contribution in [3.63, 3.8) is 0 Å². The summed E-state index contributed by atoms with van der Waals surface area (Å²) in [6.07, 6.45) is 1.12. The van der Waals surface area contributed by atoms with Crippen LogP contribution in [-0.2, 0) is 11.2 Å². The number of aliphatic hydroxyl groups is 1. The summed E-state index contributed by atoms with van der Waals surface area (Å²) in [5, 5.41) is 17.9. The van der Waals surface area contributed by atoms with Gasteiger partial charge in [0.25, 0.3) is 0 Å². The normalized spacial score (nSPS) is 16.6. The molecule has 0 radical (unpaired) electrons. The van der Waals surface area contributed by atoms with Gasteiger partial charge in [0.05, 0.1) is 10.6 Å². The highest BCUT2D eigenvalue weighted by Gasteiger charge is 2.32. The fourth-order valence-electron chi connectivity index (χ4n) is 2.99. The topological polar surface area (TPSA) is 64.3 Å². The number of carbonyl (C=O) groups excluding carboxylic acids is 1. The quantitative estimate of drug-likeness (QED) is 0.861. The van der Waals surface area contributed by atoms with Gasteiger partial charge in [0.1, 0.15) is 18.5 Å². The number of fused-ring (bicyclic) bond motifs is 2. The van der Waals surface area contributed by atoms with E-state index in [4.69, 9.17) is 22.0 Å². The third-order valence-electron chi connectivity index (χ3n) is 4.09. The van der Waals surface area contributed by atoms with Crippen molar-refractivity contribution in [3.05, 3.63) is 39.2 Å². The fraction of sp³-hybridized carbons (Fsp3) is 0.333. The van der Waals surface area contributed by atoms with Crippen LogP contribution in [0.1, 0.15) is 23.1 Å². The summed E-state index contributed by atoms with van der Waals surface area (Å²) in [5.74, 6) is -0.884. The van der Waals surface area contributed by atoms with Crippen LogP contribution in [0.15, 0.2) is 11.6 Å². The minimum Gasteiger partial charge on any atom is -0.387 e. The maximum absolute atomic E-state index is 14.3. The van der Waals surface area contributed by atoms with Gasteiger partial charge >= 0.3 is 0 Å². The lowest BCUT2D eigenvalue weighted by molar-refractivity contribution is -0.133. The molecular weight excluding hydrogens is 295 g/mol. The predicted octanol–water partition coefficient (Wildman–Crippen LogP) is 1.89.